The van der Waals surface area contributed by atoms with Crippen molar-refractivity contribution in [2.45, 2.75) is 20.0 Å². The maximum absolute atomic E-state index is 5.35. The number of hydrogen-bond donors (Lipinski definition) is 2. The average molecular weight is 429 g/mol. The van der Waals surface area contributed by atoms with E-state index in [1.165, 1.54) is 0 Å². The number of ether oxygens (including phenoxy) is 1. The number of methoxy groups -OCH3 is 1. The van der Waals surface area contributed by atoms with Crippen LogP contribution in [0.1, 0.15) is 12.5 Å². The topological polar surface area (TPSA) is 63.5 Å². The van der Waals surface area contributed by atoms with Gasteiger partial charge in [0.25, 0.3) is 0 Å². The van der Waals surface area contributed by atoms with Crippen LogP contribution in [0.15, 0.2) is 48.0 Å². The maximum atomic E-state index is 5.35. The Morgan fingerprint density at radius 2 is 2.13 bits per heavy atom. The highest BCUT2D eigenvalue weighted by molar-refractivity contribution is 14.0. The second-order valence-corrected chi connectivity index (χ2v) is 4.73. The van der Waals surface area contributed by atoms with Crippen LogP contribution in [0.5, 0.6) is 5.75 Å². The van der Waals surface area contributed by atoms with E-state index in [-0.39, 0.29) is 24.0 Å². The molecule has 1 aromatic carbocycles. The third-order valence-electron chi connectivity index (χ3n) is 3.17. The van der Waals surface area contributed by atoms with Crippen LogP contribution in [0.25, 0.3) is 0 Å². The molecule has 0 saturated carbocycles. The van der Waals surface area contributed by atoms with E-state index in [0.29, 0.717) is 6.54 Å². The largest absolute Gasteiger partial charge is 0.496 e. The molecule has 2 rings (SSSR count). The Kier molecular flexibility index (Phi) is 9.11. The quantitative estimate of drug-likeness (QED) is 0.403. The number of benzene rings is 1. The average Bonchev–Trinajstić information content (AvgIpc) is 3.06. The number of nitrogens with one attached hydrogen (secondary N) is 2. The number of para-hydroxylation sites is 1. The maximum Gasteiger partial charge on any atom is 0.191 e. The van der Waals surface area contributed by atoms with E-state index in [1.54, 1.807) is 19.6 Å². The molecule has 2 N–H and O–H groups in total. The zero-order valence-corrected chi connectivity index (χ0v) is 15.9. The molecule has 7 heteroatoms. The SMILES string of the molecule is CCNC(=NCc1ccccc1OC)NCCn1ccnc1.I. The number of aromatic nitrogens is 2. The molecule has 6 nitrogen and oxygen atoms in total. The molecule has 0 unspecified atom stereocenters. The van der Waals surface area contributed by atoms with Gasteiger partial charge in [0.1, 0.15) is 5.75 Å². The van der Waals surface area contributed by atoms with Gasteiger partial charge in [0, 0.05) is 37.6 Å². The fourth-order valence-corrected chi connectivity index (χ4v) is 2.06. The van der Waals surface area contributed by atoms with Crippen LogP contribution in [0.2, 0.25) is 0 Å². The van der Waals surface area contributed by atoms with Gasteiger partial charge >= 0.3 is 0 Å². The van der Waals surface area contributed by atoms with E-state index in [4.69, 9.17) is 4.74 Å². The van der Waals surface area contributed by atoms with Crippen LogP contribution in [0.3, 0.4) is 0 Å². The zero-order valence-electron chi connectivity index (χ0n) is 13.5. The number of nitrogens with zero attached hydrogens (tertiary/aromatic N) is 3. The van der Waals surface area contributed by atoms with Crippen LogP contribution >= 0.6 is 24.0 Å². The monoisotopic (exact) mass is 429 g/mol. The van der Waals surface area contributed by atoms with Gasteiger partial charge in [-0.2, -0.15) is 0 Å². The number of hydrogen-bond acceptors (Lipinski definition) is 3. The first-order chi connectivity index (χ1) is 10.8. The molecule has 126 valence electrons. The minimum atomic E-state index is 0. The third-order valence-corrected chi connectivity index (χ3v) is 3.17. The number of halogens is 1. The minimum absolute atomic E-state index is 0. The van der Waals surface area contributed by atoms with Crippen molar-refractivity contribution in [1.82, 2.24) is 20.2 Å². The summed E-state index contributed by atoms with van der Waals surface area (Å²) in [5.74, 6) is 1.66. The van der Waals surface area contributed by atoms with E-state index in [9.17, 15) is 0 Å². The molecule has 2 aromatic rings. The molecule has 0 aliphatic carbocycles. The molecular formula is C16H24IN5O. The Balaban J connectivity index is 0.00000264. The summed E-state index contributed by atoms with van der Waals surface area (Å²) < 4.78 is 7.37. The Bertz CT molecular complexity index is 586. The first kappa shape index (κ1) is 19.3. The van der Waals surface area contributed by atoms with Gasteiger partial charge in [-0.05, 0) is 13.0 Å². The summed E-state index contributed by atoms with van der Waals surface area (Å²) in [6.07, 6.45) is 5.53. The molecule has 0 radical (unpaired) electrons. The Morgan fingerprint density at radius 3 is 2.83 bits per heavy atom. The summed E-state index contributed by atoms with van der Waals surface area (Å²) >= 11 is 0. The third kappa shape index (κ3) is 6.47. The Morgan fingerprint density at radius 1 is 1.30 bits per heavy atom. The van der Waals surface area contributed by atoms with Crippen molar-refractivity contribution in [2.24, 2.45) is 4.99 Å². The molecule has 0 fully saturated rings. The van der Waals surface area contributed by atoms with Gasteiger partial charge < -0.3 is 19.9 Å². The highest BCUT2D eigenvalue weighted by Gasteiger charge is 2.02. The van der Waals surface area contributed by atoms with Crippen LogP contribution < -0.4 is 15.4 Å². The smallest absolute Gasteiger partial charge is 0.191 e. The molecule has 0 saturated heterocycles. The van der Waals surface area contributed by atoms with Crippen LogP contribution in [-0.2, 0) is 13.1 Å². The van der Waals surface area contributed by atoms with Gasteiger partial charge in [0.05, 0.1) is 20.0 Å². The van der Waals surface area contributed by atoms with Gasteiger partial charge in [-0.3, -0.25) is 0 Å². The molecule has 0 spiro atoms. The second kappa shape index (κ2) is 10.9. The van der Waals surface area contributed by atoms with E-state index in [2.05, 4.69) is 27.5 Å². The van der Waals surface area contributed by atoms with Crippen LogP contribution in [0.4, 0.5) is 0 Å². The van der Waals surface area contributed by atoms with E-state index < -0.39 is 0 Å². The summed E-state index contributed by atoms with van der Waals surface area (Å²) in [5, 5.41) is 6.56. The van der Waals surface area contributed by atoms with Gasteiger partial charge in [-0.25, -0.2) is 9.98 Å². The second-order valence-electron chi connectivity index (χ2n) is 4.73. The summed E-state index contributed by atoms with van der Waals surface area (Å²) in [7, 11) is 1.68. The highest BCUT2D eigenvalue weighted by atomic mass is 127. The molecular weight excluding hydrogens is 405 g/mol. The van der Waals surface area contributed by atoms with Gasteiger partial charge in [0.2, 0.25) is 0 Å². The molecule has 0 amide bonds. The number of guanidine groups is 1. The lowest BCUT2D eigenvalue weighted by Gasteiger charge is -2.12. The van der Waals surface area contributed by atoms with Crippen molar-refractivity contribution < 1.29 is 4.74 Å². The molecule has 0 atom stereocenters. The molecule has 1 aromatic heterocycles. The van der Waals surface area contributed by atoms with Crippen molar-refractivity contribution in [3.05, 3.63) is 48.5 Å². The van der Waals surface area contributed by atoms with Gasteiger partial charge in [-0.1, -0.05) is 18.2 Å². The molecule has 0 bridgehead atoms. The van der Waals surface area contributed by atoms with Crippen LogP contribution in [-0.4, -0.2) is 35.7 Å². The number of aliphatic imine (C=N–C) groups is 1. The van der Waals surface area contributed by atoms with E-state index in [0.717, 1.165) is 36.9 Å². The first-order valence-corrected chi connectivity index (χ1v) is 7.43. The molecule has 23 heavy (non-hydrogen) atoms. The molecule has 1 heterocycles. The van der Waals surface area contributed by atoms with Crippen molar-refractivity contribution in [3.63, 3.8) is 0 Å². The number of imidazole rings is 1. The van der Waals surface area contributed by atoms with Gasteiger partial charge in [0.15, 0.2) is 5.96 Å². The van der Waals surface area contributed by atoms with Gasteiger partial charge in [-0.15, -0.1) is 24.0 Å². The highest BCUT2D eigenvalue weighted by Crippen LogP contribution is 2.17. The zero-order chi connectivity index (χ0) is 15.6. The predicted molar refractivity (Wildman–Crippen MR) is 103 cm³/mol. The van der Waals surface area contributed by atoms with E-state index in [1.807, 2.05) is 35.0 Å². The molecule has 0 aliphatic heterocycles. The fraction of sp³-hybridized carbons (Fsp3) is 0.375. The summed E-state index contributed by atoms with van der Waals surface area (Å²) in [6, 6.07) is 7.93. The predicted octanol–water partition coefficient (Wildman–Crippen LogP) is 2.27. The van der Waals surface area contributed by atoms with Crippen molar-refractivity contribution in [2.75, 3.05) is 20.2 Å². The fourth-order valence-electron chi connectivity index (χ4n) is 2.06. The van der Waals surface area contributed by atoms with E-state index >= 15 is 0 Å². The summed E-state index contributed by atoms with van der Waals surface area (Å²) in [4.78, 5) is 8.63. The van der Waals surface area contributed by atoms with Crippen molar-refractivity contribution >= 4 is 29.9 Å². The Labute approximate surface area is 154 Å². The van der Waals surface area contributed by atoms with Crippen molar-refractivity contribution in [1.29, 1.82) is 0 Å². The normalized spacial score (nSPS) is 10.8. The summed E-state index contributed by atoms with van der Waals surface area (Å²) in [5.41, 5.74) is 1.07. The number of rotatable bonds is 7. The molecule has 0 aliphatic rings. The Hall–Kier alpha value is -1.77. The van der Waals surface area contributed by atoms with Crippen LogP contribution in [0, 0.1) is 0 Å². The lowest BCUT2D eigenvalue weighted by Crippen LogP contribution is -2.38. The lowest BCUT2D eigenvalue weighted by molar-refractivity contribution is 0.410. The standard InChI is InChI=1S/C16H23N5O.HI/c1-3-18-16(19-9-11-21-10-8-17-13-21)20-12-14-6-4-5-7-15(14)22-2;/h4-8,10,13H,3,9,11-12H2,1-2H3,(H2,18,19,20);1H. The van der Waals surface area contributed by atoms with Crippen molar-refractivity contribution in [3.8, 4) is 5.75 Å². The minimum Gasteiger partial charge on any atom is -0.496 e. The first-order valence-electron chi connectivity index (χ1n) is 7.43. The summed E-state index contributed by atoms with van der Waals surface area (Å²) in [6.45, 7) is 5.08. The lowest BCUT2D eigenvalue weighted by atomic mass is 10.2.